The number of hydrogen-bond donors (Lipinski definition) is 0. The van der Waals surface area contributed by atoms with E-state index in [1.54, 1.807) is 0 Å². The topological polar surface area (TPSA) is 272 Å². The second-order valence-corrected chi connectivity index (χ2v) is 39.6. The first kappa shape index (κ1) is 145. The van der Waals surface area contributed by atoms with Gasteiger partial charge in [-0.2, -0.15) is 4.89 Å². The zero-order valence-electron chi connectivity index (χ0n) is 98.7. The van der Waals surface area contributed by atoms with Crippen LogP contribution in [0.4, 0.5) is 0 Å². The lowest BCUT2D eigenvalue weighted by Gasteiger charge is -2.30. The quantitative estimate of drug-likeness (QED) is 0.0151. The maximum Gasteiger partial charge on any atom is 0.199 e. The van der Waals surface area contributed by atoms with Crippen LogP contribution in [-0.4, -0.2) is 281 Å². The van der Waals surface area contributed by atoms with E-state index in [0.29, 0.717) is 224 Å². The van der Waals surface area contributed by atoms with E-state index in [-0.39, 0.29) is 72.6 Å². The van der Waals surface area contributed by atoms with Crippen LogP contribution in [0.1, 0.15) is 304 Å². The molecule has 4 aromatic carbocycles. The van der Waals surface area contributed by atoms with Crippen LogP contribution in [0.5, 0.6) is 46.0 Å². The lowest BCUT2D eigenvalue weighted by Crippen LogP contribution is -2.29. The average molecular weight is 2090 g/mol. The van der Waals surface area contributed by atoms with Gasteiger partial charge in [0.25, 0.3) is 0 Å². The largest absolute Gasteiger partial charge is 0.491 e. The third-order valence-electron chi connectivity index (χ3n) is 18.9. The second-order valence-electron chi connectivity index (χ2n) is 39.6. The maximum atomic E-state index is 5.82. The second kappa shape index (κ2) is 95.4. The number of benzene rings is 4. The van der Waals surface area contributed by atoms with Crippen molar-refractivity contribution in [1.29, 1.82) is 0 Å². The van der Waals surface area contributed by atoms with Crippen LogP contribution in [0.25, 0.3) is 0 Å². The molecule has 0 bridgehead atoms. The molecule has 0 N–H and O–H groups in total. The van der Waals surface area contributed by atoms with Gasteiger partial charge in [0.1, 0.15) is 87.5 Å². The number of hydrogen-bond acceptors (Lipinski definition) is 29. The van der Waals surface area contributed by atoms with Crippen molar-refractivity contribution in [2.24, 2.45) is 0 Å². The van der Waals surface area contributed by atoms with Gasteiger partial charge in [0, 0.05) is 30.8 Å². The number of unbranched alkanes of at least 4 members (excludes halogenated alkanes) is 1. The Balaban J connectivity index is -0.00000164. The molecule has 0 radical (unpaired) electrons. The van der Waals surface area contributed by atoms with E-state index >= 15 is 0 Å². The van der Waals surface area contributed by atoms with Gasteiger partial charge in [0.15, 0.2) is 17.2 Å². The molecule has 0 amide bonds. The zero-order chi connectivity index (χ0) is 111. The minimum Gasteiger partial charge on any atom is -0.491 e. The number of rotatable bonds is 72. The highest BCUT2D eigenvalue weighted by Crippen LogP contribution is 2.35. The van der Waals surface area contributed by atoms with E-state index in [0.717, 1.165) is 86.0 Å². The van der Waals surface area contributed by atoms with Gasteiger partial charge in [-0.3, -0.25) is 0 Å². The summed E-state index contributed by atoms with van der Waals surface area (Å²) in [4.78, 5) is 20.8. The lowest BCUT2D eigenvalue weighted by atomic mass is 9.78. The molecule has 6 rings (SSSR count). The highest BCUT2D eigenvalue weighted by molar-refractivity contribution is 5.42. The van der Waals surface area contributed by atoms with Gasteiger partial charge < -0.3 is 123 Å². The van der Waals surface area contributed by atoms with Crippen molar-refractivity contribution < 1.29 is 138 Å². The van der Waals surface area contributed by atoms with Crippen LogP contribution in [0.3, 0.4) is 0 Å². The third-order valence-corrected chi connectivity index (χ3v) is 18.9. The highest BCUT2D eigenvalue weighted by Gasteiger charge is 2.25. The van der Waals surface area contributed by atoms with Crippen LogP contribution in [0.2, 0.25) is 0 Å². The van der Waals surface area contributed by atoms with Gasteiger partial charge in [-0.1, -0.05) is 44.2 Å². The third kappa shape index (κ3) is 96.3. The molecule has 1 fully saturated rings. The standard InChI is InChI=1S/C23H32O4.C21H36O6.C16H26O4.C14H24O5.C12H26O4.C12H24O2.C10H22O2.C8H18O2.C2H4/c1-17(2)24-15-16-25-21-11-7-19(8-12-21)23(5,6)20-9-13-22(14-10-20)27-26-18(3)4;1-16(2)22-9-11-24-20-13-19(7-8-26-27-18(5)6)14-21(15-20)25-12-10-23-17(3)4;1-13(2)17-8-10-19-15-6-5-7-16(12-15)20-11-9-18-14(3)4;1-11(2)16-5-7-18-13-9-15-10-14(13)19-8-6-17-12(3)4;1-11(2)15-9-7-13-5-6-14-8-10-16-12(3)4;1-9(2)13-11-5-7-12(8-6-11)14-10(3)4;1-9(2)11-7-5-6-8-12-10(3)4;1-7(2)9-5-6-10-8(3)4;1-2/h7-14,17-18H,15-16H2,1-6H3;13-18H,7-12H2,1-6H3;5-7,12-14H,8-11H2,1-4H3;9-12H,5-8H2,1-4H3;11-12H,5-10H2,1-4H3;9-12H,5-8H2,1-4H3;9-10H,5-8H2,1-4H3;7-8H,5-6H2,1-4H3;1-2H2. The molecule has 147 heavy (non-hydrogen) atoms. The minimum atomic E-state index is -0.128. The van der Waals surface area contributed by atoms with E-state index in [9.17, 15) is 0 Å². The van der Waals surface area contributed by atoms with Crippen LogP contribution in [-0.2, 0) is 107 Å². The van der Waals surface area contributed by atoms with E-state index in [1.165, 1.54) is 23.7 Å². The Bertz CT molecular complexity index is 3410. The average Bonchev–Trinajstić information content (AvgIpc) is 0.946. The van der Waals surface area contributed by atoms with Crippen molar-refractivity contribution >= 4 is 0 Å². The molecule has 0 atom stereocenters. The first-order valence-electron chi connectivity index (χ1n) is 54.3. The lowest BCUT2D eigenvalue weighted by molar-refractivity contribution is -0.316. The summed E-state index contributed by atoms with van der Waals surface area (Å²) in [6, 6.07) is 29.8. The summed E-state index contributed by atoms with van der Waals surface area (Å²) >= 11 is 0. The summed E-state index contributed by atoms with van der Waals surface area (Å²) in [6.45, 7) is 93.9. The minimum absolute atomic E-state index is 0.0267. The molecule has 0 spiro atoms. The van der Waals surface area contributed by atoms with Gasteiger partial charge in [0.05, 0.1) is 222 Å². The fourth-order valence-electron chi connectivity index (χ4n) is 12.2. The smallest absolute Gasteiger partial charge is 0.199 e. The SMILES string of the molecule is C=C.CC(C)OC1CCC(OC(C)C)CC1.CC(C)OCCCCOC(C)C.CC(C)OCCOC(C)C.CC(C)OCCOCCOCCOC(C)C.CC(C)OCCOc1cc(CCOOC(C)C)cc(OCCOC(C)C)c1.CC(C)OCCOc1ccc(C(C)(C)c2ccc(OOC(C)C)cc2)cc1.CC(C)OCCOc1cccc(OCCOC(C)C)c1.CC(C)OCCOc1cocc1OCCOC(C)C. The molecule has 29 heteroatoms. The summed E-state index contributed by atoms with van der Waals surface area (Å²) < 4.78 is 137. The molecule has 0 aliphatic heterocycles. The Kier molecular flexibility index (Phi) is 93.8. The molecule has 1 heterocycles. The normalized spacial score (nSPS) is 13.0. The Labute approximate surface area is 893 Å². The van der Waals surface area contributed by atoms with Crippen molar-refractivity contribution in [2.45, 2.75) is 416 Å². The van der Waals surface area contributed by atoms with Gasteiger partial charge in [-0.25, -0.2) is 9.78 Å². The Morgan fingerprint density at radius 3 is 0.796 bits per heavy atom. The molecule has 0 saturated heterocycles. The van der Waals surface area contributed by atoms with Crippen LogP contribution >= 0.6 is 0 Å². The van der Waals surface area contributed by atoms with Gasteiger partial charge >= 0.3 is 0 Å². The fourth-order valence-corrected chi connectivity index (χ4v) is 12.2. The van der Waals surface area contributed by atoms with E-state index < -0.39 is 0 Å². The van der Waals surface area contributed by atoms with Crippen LogP contribution in [0.15, 0.2) is 121 Å². The summed E-state index contributed by atoms with van der Waals surface area (Å²) in [7, 11) is 0. The van der Waals surface area contributed by atoms with Gasteiger partial charge in [-0.05, 0) is 346 Å². The van der Waals surface area contributed by atoms with Gasteiger partial charge in [-0.15, -0.1) is 13.2 Å². The maximum absolute atomic E-state index is 5.82. The first-order chi connectivity index (χ1) is 69.8. The molecule has 0 unspecified atom stereocenters. The summed E-state index contributed by atoms with van der Waals surface area (Å²) in [5.74, 6) is 5.84. The van der Waals surface area contributed by atoms with Crippen molar-refractivity contribution in [3.8, 4) is 46.0 Å². The first-order valence-corrected chi connectivity index (χ1v) is 54.3. The van der Waals surface area contributed by atoms with Crippen molar-refractivity contribution in [2.75, 3.05) is 165 Å². The van der Waals surface area contributed by atoms with Crippen molar-refractivity contribution in [1.82, 2.24) is 0 Å². The van der Waals surface area contributed by atoms with Crippen molar-refractivity contribution in [3.63, 3.8) is 0 Å². The predicted molar refractivity (Wildman–Crippen MR) is 593 cm³/mol. The molecule has 1 aliphatic rings. The molecular formula is C118H212O29. The fraction of sp³-hybridized carbons (Fsp3) is 0.746. The summed E-state index contributed by atoms with van der Waals surface area (Å²) in [5, 5.41) is 0. The molecule has 29 nitrogen and oxygen atoms in total. The van der Waals surface area contributed by atoms with E-state index in [4.69, 9.17) is 138 Å². The van der Waals surface area contributed by atoms with Crippen molar-refractivity contribution in [3.05, 3.63) is 133 Å². The summed E-state index contributed by atoms with van der Waals surface area (Å²) in [5.41, 5.74) is 3.36. The van der Waals surface area contributed by atoms with E-state index in [1.807, 2.05) is 247 Å². The molecule has 5 aromatic rings. The monoisotopic (exact) mass is 2090 g/mol. The van der Waals surface area contributed by atoms with Crippen LogP contribution in [0, 0.1) is 0 Å². The zero-order valence-corrected chi connectivity index (χ0v) is 98.7. The Morgan fingerprint density at radius 2 is 0.503 bits per heavy atom. The highest BCUT2D eigenvalue weighted by atomic mass is 17.2. The Hall–Kier alpha value is -6.50. The van der Waals surface area contributed by atoms with E-state index in [2.05, 4.69) is 107 Å². The molecular weight excluding hydrogens is 1880 g/mol. The molecule has 858 valence electrons. The number of furan rings is 1. The van der Waals surface area contributed by atoms with Crippen LogP contribution < -0.4 is 38.0 Å². The molecule has 1 aliphatic carbocycles. The molecule has 1 aromatic heterocycles. The summed E-state index contributed by atoms with van der Waals surface area (Å²) in [6.07, 6.45) is 15.7. The molecule has 1 saturated carbocycles. The van der Waals surface area contributed by atoms with Gasteiger partial charge in [0.2, 0.25) is 0 Å². The number of ether oxygens (including phenoxy) is 24. The Morgan fingerprint density at radius 1 is 0.252 bits per heavy atom. The predicted octanol–water partition coefficient (Wildman–Crippen LogP) is 26.2.